The molecule has 1 aromatic heterocycles. The zero-order valence-electron chi connectivity index (χ0n) is 12.3. The average molecular weight is 327 g/mol. The molecule has 0 atom stereocenters. The van der Waals surface area contributed by atoms with Gasteiger partial charge in [0, 0.05) is 12.6 Å². The number of carbonyl (C=O) groups excluding carboxylic acids is 1. The van der Waals surface area contributed by atoms with Crippen molar-refractivity contribution in [3.05, 3.63) is 21.3 Å². The third-order valence-electron chi connectivity index (χ3n) is 4.84. The van der Waals surface area contributed by atoms with Crippen molar-refractivity contribution in [1.82, 2.24) is 10.2 Å². The van der Waals surface area contributed by atoms with E-state index in [0.717, 1.165) is 12.6 Å². The van der Waals surface area contributed by atoms with Crippen molar-refractivity contribution in [2.75, 3.05) is 19.6 Å². The van der Waals surface area contributed by atoms with Gasteiger partial charge in [-0.2, -0.15) is 0 Å². The van der Waals surface area contributed by atoms with Crippen molar-refractivity contribution < 1.29 is 4.79 Å². The summed E-state index contributed by atoms with van der Waals surface area (Å²) in [5.41, 5.74) is 0. The molecular weight excluding hydrogens is 304 g/mol. The van der Waals surface area contributed by atoms with Gasteiger partial charge in [-0.05, 0) is 56.8 Å². The average Bonchev–Trinajstić information content (AvgIpc) is 3.16. The number of halogens is 1. The number of nitrogens with one attached hydrogen (secondary N) is 1. The number of thiophene rings is 1. The summed E-state index contributed by atoms with van der Waals surface area (Å²) < 4.78 is 0.671. The van der Waals surface area contributed by atoms with Gasteiger partial charge < -0.3 is 10.2 Å². The minimum Gasteiger partial charge on any atom is -0.351 e. The predicted molar refractivity (Wildman–Crippen MR) is 88.2 cm³/mol. The first-order valence-electron chi connectivity index (χ1n) is 8.00. The first-order chi connectivity index (χ1) is 10.2. The van der Waals surface area contributed by atoms with Crippen molar-refractivity contribution >= 4 is 28.8 Å². The van der Waals surface area contributed by atoms with E-state index in [4.69, 9.17) is 11.6 Å². The van der Waals surface area contributed by atoms with Crippen molar-refractivity contribution in [3.63, 3.8) is 0 Å². The fourth-order valence-electron chi connectivity index (χ4n) is 3.55. The highest BCUT2D eigenvalue weighted by molar-refractivity contribution is 7.17. The third kappa shape index (κ3) is 3.99. The topological polar surface area (TPSA) is 32.3 Å². The van der Waals surface area contributed by atoms with Crippen LogP contribution in [-0.4, -0.2) is 36.5 Å². The number of likely N-dealkylation sites (tertiary alicyclic amines) is 1. The highest BCUT2D eigenvalue weighted by Crippen LogP contribution is 2.27. The Balaban J connectivity index is 1.40. The van der Waals surface area contributed by atoms with Crippen molar-refractivity contribution in [2.45, 2.75) is 44.6 Å². The smallest absolute Gasteiger partial charge is 0.261 e. The number of hydrogen-bond donors (Lipinski definition) is 1. The SMILES string of the molecule is O=C(NCC1CCN(C2CCCC2)CC1)c1ccc(Cl)s1. The molecule has 1 saturated carbocycles. The molecule has 1 saturated heterocycles. The highest BCUT2D eigenvalue weighted by Gasteiger charge is 2.27. The molecule has 1 aliphatic carbocycles. The molecule has 0 bridgehead atoms. The largest absolute Gasteiger partial charge is 0.351 e. The summed E-state index contributed by atoms with van der Waals surface area (Å²) in [5, 5.41) is 3.06. The number of carbonyl (C=O) groups is 1. The van der Waals surface area contributed by atoms with Crippen LogP contribution in [0.15, 0.2) is 12.1 Å². The molecule has 21 heavy (non-hydrogen) atoms. The number of amides is 1. The van der Waals surface area contributed by atoms with Crippen LogP contribution in [-0.2, 0) is 0 Å². The van der Waals surface area contributed by atoms with Crippen LogP contribution in [0.5, 0.6) is 0 Å². The third-order valence-corrected chi connectivity index (χ3v) is 6.07. The maximum atomic E-state index is 12.0. The minimum absolute atomic E-state index is 0.0186. The molecular formula is C16H23ClN2OS. The second-order valence-corrected chi connectivity index (χ2v) is 7.95. The lowest BCUT2D eigenvalue weighted by Gasteiger charge is -2.36. The Morgan fingerprint density at radius 2 is 1.95 bits per heavy atom. The zero-order chi connectivity index (χ0) is 14.7. The lowest BCUT2D eigenvalue weighted by atomic mass is 9.95. The van der Waals surface area contributed by atoms with Gasteiger partial charge in [0.1, 0.15) is 0 Å². The number of nitrogens with zero attached hydrogens (tertiary/aromatic N) is 1. The Hall–Kier alpha value is -0.580. The number of hydrogen-bond acceptors (Lipinski definition) is 3. The Bertz CT molecular complexity index is 476. The van der Waals surface area contributed by atoms with Gasteiger partial charge in [-0.15, -0.1) is 11.3 Å². The van der Waals surface area contributed by atoms with Crippen LogP contribution in [0.25, 0.3) is 0 Å². The Morgan fingerprint density at radius 3 is 2.57 bits per heavy atom. The first kappa shape index (κ1) is 15.3. The van der Waals surface area contributed by atoms with E-state index >= 15 is 0 Å². The van der Waals surface area contributed by atoms with E-state index in [2.05, 4.69) is 10.2 Å². The summed E-state index contributed by atoms with van der Waals surface area (Å²) >= 11 is 7.21. The molecule has 3 nitrogen and oxygen atoms in total. The molecule has 1 N–H and O–H groups in total. The van der Waals surface area contributed by atoms with E-state index in [9.17, 15) is 4.79 Å². The van der Waals surface area contributed by atoms with Crippen LogP contribution in [0.1, 0.15) is 48.2 Å². The first-order valence-corrected chi connectivity index (χ1v) is 9.19. The highest BCUT2D eigenvalue weighted by atomic mass is 35.5. The molecule has 0 radical (unpaired) electrons. The quantitative estimate of drug-likeness (QED) is 0.913. The van der Waals surface area contributed by atoms with Crippen LogP contribution in [0, 0.1) is 5.92 Å². The van der Waals surface area contributed by atoms with E-state index in [1.807, 2.05) is 0 Å². The number of rotatable bonds is 4. The molecule has 1 aromatic rings. The zero-order valence-corrected chi connectivity index (χ0v) is 13.9. The van der Waals surface area contributed by atoms with E-state index < -0.39 is 0 Å². The van der Waals surface area contributed by atoms with Gasteiger partial charge >= 0.3 is 0 Å². The lowest BCUT2D eigenvalue weighted by molar-refractivity contribution is 0.0928. The van der Waals surface area contributed by atoms with Crippen molar-refractivity contribution in [2.24, 2.45) is 5.92 Å². The molecule has 2 fully saturated rings. The molecule has 0 spiro atoms. The van der Waals surface area contributed by atoms with Crippen LogP contribution in [0.2, 0.25) is 4.34 Å². The maximum Gasteiger partial charge on any atom is 0.261 e. The van der Waals surface area contributed by atoms with Gasteiger partial charge in [0.05, 0.1) is 9.21 Å². The van der Waals surface area contributed by atoms with Crippen molar-refractivity contribution in [3.8, 4) is 0 Å². The van der Waals surface area contributed by atoms with E-state index in [-0.39, 0.29) is 5.91 Å². The second kappa shape index (κ2) is 7.12. The van der Waals surface area contributed by atoms with Gasteiger partial charge in [0.15, 0.2) is 0 Å². The molecule has 116 valence electrons. The Morgan fingerprint density at radius 1 is 1.24 bits per heavy atom. The lowest BCUT2D eigenvalue weighted by Crippen LogP contribution is -2.42. The predicted octanol–water partition coefficient (Wildman–Crippen LogP) is 3.79. The van der Waals surface area contributed by atoms with Gasteiger partial charge in [-0.1, -0.05) is 24.4 Å². The molecule has 1 amide bonds. The molecule has 2 aliphatic rings. The molecule has 3 rings (SSSR count). The Labute approximate surface area is 135 Å². The standard InChI is InChI=1S/C16H23ClN2OS/c17-15-6-5-14(21-15)16(20)18-11-12-7-9-19(10-8-12)13-3-1-2-4-13/h5-6,12-13H,1-4,7-11H2,(H,18,20). The fraction of sp³-hybridized carbons (Fsp3) is 0.688. The summed E-state index contributed by atoms with van der Waals surface area (Å²) in [5.74, 6) is 0.646. The Kier molecular flexibility index (Phi) is 5.19. The van der Waals surface area contributed by atoms with Crippen LogP contribution in [0.4, 0.5) is 0 Å². The normalized spacial score (nSPS) is 21.8. The molecule has 2 heterocycles. The summed E-state index contributed by atoms with van der Waals surface area (Å²) in [7, 11) is 0. The van der Waals surface area contributed by atoms with Crippen LogP contribution in [0.3, 0.4) is 0 Å². The second-order valence-electron chi connectivity index (χ2n) is 6.23. The monoisotopic (exact) mass is 326 g/mol. The molecule has 5 heteroatoms. The summed E-state index contributed by atoms with van der Waals surface area (Å²) in [6.07, 6.45) is 8.01. The van der Waals surface area contributed by atoms with Gasteiger partial charge in [0.25, 0.3) is 5.91 Å². The van der Waals surface area contributed by atoms with E-state index in [0.29, 0.717) is 15.1 Å². The van der Waals surface area contributed by atoms with Crippen LogP contribution < -0.4 is 5.32 Å². The van der Waals surface area contributed by atoms with E-state index in [1.54, 1.807) is 12.1 Å². The molecule has 0 unspecified atom stereocenters. The van der Waals surface area contributed by atoms with Gasteiger partial charge in [-0.3, -0.25) is 4.79 Å². The number of piperidine rings is 1. The maximum absolute atomic E-state index is 12.0. The summed E-state index contributed by atoms with van der Waals surface area (Å²) in [4.78, 5) is 15.4. The van der Waals surface area contributed by atoms with Gasteiger partial charge in [-0.25, -0.2) is 0 Å². The van der Waals surface area contributed by atoms with E-state index in [1.165, 1.54) is 63.0 Å². The van der Waals surface area contributed by atoms with Crippen LogP contribution >= 0.6 is 22.9 Å². The van der Waals surface area contributed by atoms with Crippen molar-refractivity contribution in [1.29, 1.82) is 0 Å². The molecule has 0 aromatic carbocycles. The fourth-order valence-corrected chi connectivity index (χ4v) is 4.51. The van der Waals surface area contributed by atoms with Gasteiger partial charge in [0.2, 0.25) is 0 Å². The summed E-state index contributed by atoms with van der Waals surface area (Å²) in [6, 6.07) is 4.42. The minimum atomic E-state index is 0.0186. The summed E-state index contributed by atoms with van der Waals surface area (Å²) in [6.45, 7) is 3.21. The molecule has 1 aliphatic heterocycles.